The van der Waals surface area contributed by atoms with Gasteiger partial charge in [-0.25, -0.2) is 4.98 Å². The lowest BCUT2D eigenvalue weighted by Gasteiger charge is -2.32. The number of aromatic nitrogens is 2. The van der Waals surface area contributed by atoms with Crippen LogP contribution in [0.25, 0.3) is 11.0 Å². The standard InChI is InChI=1S/C30H38N4O3/c1-20(15-16-23-22(3)12-9-17-30(23,4)5)10-8-11-21(2)18-27(36)31-26(19-35)28(37)34-29-32-24-13-6-7-14-25(24)33-29/h6-8,10-11,13-16,18,26,35H,9,12,17,19H2,1-5H3,(H,31,36)(H2,32,33,34,37)/t26-/m0/s1. The second-order valence-electron chi connectivity index (χ2n) is 10.3. The van der Waals surface area contributed by atoms with Crippen molar-refractivity contribution >= 4 is 28.8 Å². The van der Waals surface area contributed by atoms with Crippen LogP contribution in [0, 0.1) is 5.41 Å². The molecule has 0 spiro atoms. The second-order valence-corrected chi connectivity index (χ2v) is 10.3. The molecule has 1 aliphatic carbocycles. The number of nitrogens with one attached hydrogen (secondary N) is 3. The maximum Gasteiger partial charge on any atom is 0.251 e. The highest BCUT2D eigenvalue weighted by atomic mass is 16.3. The predicted molar refractivity (Wildman–Crippen MR) is 150 cm³/mol. The van der Waals surface area contributed by atoms with E-state index in [1.54, 1.807) is 6.92 Å². The number of allylic oxidation sites excluding steroid dienone is 9. The molecule has 1 aliphatic rings. The van der Waals surface area contributed by atoms with Gasteiger partial charge >= 0.3 is 0 Å². The summed E-state index contributed by atoms with van der Waals surface area (Å²) in [5, 5.41) is 14.8. The number of hydrogen-bond donors (Lipinski definition) is 4. The van der Waals surface area contributed by atoms with Crippen molar-refractivity contribution in [3.05, 3.63) is 83.0 Å². The van der Waals surface area contributed by atoms with Gasteiger partial charge in [-0.15, -0.1) is 0 Å². The molecule has 2 amide bonds. The van der Waals surface area contributed by atoms with Crippen LogP contribution < -0.4 is 10.6 Å². The molecule has 0 fully saturated rings. The SMILES string of the molecule is CC(C=CC1=C(C)CCCC1(C)C)=CC=CC(C)=CC(=O)N[C@@H](CO)C(=O)Nc1nc2ccccc2[nH]1. The molecule has 3 rings (SSSR count). The van der Waals surface area contributed by atoms with Crippen LogP contribution in [-0.2, 0) is 9.59 Å². The fourth-order valence-corrected chi connectivity index (χ4v) is 4.51. The van der Waals surface area contributed by atoms with Gasteiger partial charge in [-0.05, 0) is 68.7 Å². The number of carbonyl (C=O) groups excluding carboxylic acids is 2. The molecule has 0 saturated heterocycles. The van der Waals surface area contributed by atoms with Gasteiger partial charge in [0, 0.05) is 6.08 Å². The Morgan fingerprint density at radius 2 is 1.95 bits per heavy atom. The number of aromatic amines is 1. The smallest absolute Gasteiger partial charge is 0.251 e. The normalized spacial score (nSPS) is 17.6. The average molecular weight is 503 g/mol. The van der Waals surface area contributed by atoms with Crippen LogP contribution in [0.5, 0.6) is 0 Å². The molecule has 0 aliphatic heterocycles. The second kappa shape index (κ2) is 12.5. The van der Waals surface area contributed by atoms with Crippen molar-refractivity contribution in [3.63, 3.8) is 0 Å². The number of amides is 2. The van der Waals surface area contributed by atoms with E-state index in [0.29, 0.717) is 11.1 Å². The molecule has 4 N–H and O–H groups in total. The van der Waals surface area contributed by atoms with Crippen LogP contribution in [0.2, 0.25) is 0 Å². The minimum Gasteiger partial charge on any atom is -0.394 e. The number of fused-ring (bicyclic) bond motifs is 1. The number of para-hydroxylation sites is 2. The lowest BCUT2D eigenvalue weighted by Crippen LogP contribution is -2.45. The molecule has 1 aromatic carbocycles. The molecule has 1 heterocycles. The summed E-state index contributed by atoms with van der Waals surface area (Å²) in [4.78, 5) is 32.2. The van der Waals surface area contributed by atoms with Crippen LogP contribution >= 0.6 is 0 Å². The van der Waals surface area contributed by atoms with Crippen LogP contribution in [0.15, 0.2) is 83.0 Å². The summed E-state index contributed by atoms with van der Waals surface area (Å²) in [6.45, 7) is 10.1. The van der Waals surface area contributed by atoms with Gasteiger partial charge in [0.2, 0.25) is 11.9 Å². The third-order valence-electron chi connectivity index (χ3n) is 6.58. The summed E-state index contributed by atoms with van der Waals surface area (Å²) in [6, 6.07) is 6.25. The molecule has 1 aromatic heterocycles. The van der Waals surface area contributed by atoms with Crippen LogP contribution in [0.3, 0.4) is 0 Å². The molecular formula is C30H38N4O3. The van der Waals surface area contributed by atoms with E-state index in [1.165, 1.54) is 30.1 Å². The molecule has 0 saturated carbocycles. The van der Waals surface area contributed by atoms with Crippen molar-refractivity contribution in [2.45, 2.75) is 59.9 Å². The number of anilines is 1. The zero-order valence-corrected chi connectivity index (χ0v) is 22.4. The third-order valence-corrected chi connectivity index (χ3v) is 6.58. The Morgan fingerprint density at radius 3 is 2.65 bits per heavy atom. The lowest BCUT2D eigenvalue weighted by molar-refractivity contribution is -0.124. The maximum absolute atomic E-state index is 12.5. The lowest BCUT2D eigenvalue weighted by atomic mass is 9.72. The molecular weight excluding hydrogens is 464 g/mol. The van der Waals surface area contributed by atoms with Crippen molar-refractivity contribution in [2.24, 2.45) is 5.41 Å². The van der Waals surface area contributed by atoms with E-state index >= 15 is 0 Å². The monoisotopic (exact) mass is 502 g/mol. The van der Waals surface area contributed by atoms with Crippen molar-refractivity contribution in [3.8, 4) is 0 Å². The summed E-state index contributed by atoms with van der Waals surface area (Å²) < 4.78 is 0. The third kappa shape index (κ3) is 7.89. The van der Waals surface area contributed by atoms with Gasteiger partial charge in [-0.1, -0.05) is 67.5 Å². The number of benzene rings is 1. The number of hydrogen-bond acceptors (Lipinski definition) is 4. The van der Waals surface area contributed by atoms with Gasteiger partial charge in [-0.2, -0.15) is 0 Å². The minimum absolute atomic E-state index is 0.205. The molecule has 196 valence electrons. The van der Waals surface area contributed by atoms with Gasteiger partial charge in [-0.3, -0.25) is 14.9 Å². The van der Waals surface area contributed by atoms with Crippen molar-refractivity contribution in [2.75, 3.05) is 11.9 Å². The Kier molecular flexibility index (Phi) is 9.42. The summed E-state index contributed by atoms with van der Waals surface area (Å²) >= 11 is 0. The first-order chi connectivity index (χ1) is 17.6. The highest BCUT2D eigenvalue weighted by Crippen LogP contribution is 2.40. The Hall–Kier alpha value is -3.71. The Morgan fingerprint density at radius 1 is 1.19 bits per heavy atom. The summed E-state index contributed by atoms with van der Waals surface area (Å²) in [5.74, 6) is -0.778. The van der Waals surface area contributed by atoms with E-state index < -0.39 is 24.5 Å². The molecule has 0 bridgehead atoms. The molecule has 37 heavy (non-hydrogen) atoms. The molecule has 0 unspecified atom stereocenters. The van der Waals surface area contributed by atoms with Crippen molar-refractivity contribution in [1.29, 1.82) is 0 Å². The quantitative estimate of drug-likeness (QED) is 0.268. The van der Waals surface area contributed by atoms with E-state index in [9.17, 15) is 14.7 Å². The largest absolute Gasteiger partial charge is 0.394 e. The van der Waals surface area contributed by atoms with Crippen LogP contribution in [-0.4, -0.2) is 39.5 Å². The number of imidazole rings is 1. The number of nitrogens with zero attached hydrogens (tertiary/aromatic N) is 1. The molecule has 0 radical (unpaired) electrons. The Bertz CT molecular complexity index is 1260. The fourth-order valence-electron chi connectivity index (χ4n) is 4.51. The highest BCUT2D eigenvalue weighted by Gasteiger charge is 2.26. The van der Waals surface area contributed by atoms with E-state index in [1.807, 2.05) is 49.4 Å². The Labute approximate surface area is 219 Å². The van der Waals surface area contributed by atoms with Gasteiger partial charge in [0.15, 0.2) is 0 Å². The first kappa shape index (κ1) is 27.9. The summed E-state index contributed by atoms with van der Waals surface area (Å²) in [5.41, 5.74) is 6.40. The molecule has 7 nitrogen and oxygen atoms in total. The zero-order chi connectivity index (χ0) is 27.0. The fraction of sp³-hybridized carbons (Fsp3) is 0.367. The molecule has 2 aromatic rings. The molecule has 7 heteroatoms. The van der Waals surface area contributed by atoms with Gasteiger partial charge < -0.3 is 15.4 Å². The minimum atomic E-state index is -1.11. The van der Waals surface area contributed by atoms with Crippen molar-refractivity contribution in [1.82, 2.24) is 15.3 Å². The molecule has 1 atom stereocenters. The number of carbonyl (C=O) groups is 2. The summed E-state index contributed by atoms with van der Waals surface area (Å²) in [7, 11) is 0. The van der Waals surface area contributed by atoms with Gasteiger partial charge in [0.25, 0.3) is 5.91 Å². The van der Waals surface area contributed by atoms with E-state index in [4.69, 9.17) is 0 Å². The summed E-state index contributed by atoms with van der Waals surface area (Å²) in [6.07, 6.45) is 15.1. The van der Waals surface area contributed by atoms with Gasteiger partial charge in [0.1, 0.15) is 6.04 Å². The highest BCUT2D eigenvalue weighted by molar-refractivity contribution is 5.99. The first-order valence-corrected chi connectivity index (χ1v) is 12.7. The topological polar surface area (TPSA) is 107 Å². The number of rotatable bonds is 9. The van der Waals surface area contributed by atoms with Crippen LogP contribution in [0.1, 0.15) is 53.9 Å². The average Bonchev–Trinajstić information content (AvgIpc) is 3.24. The first-order valence-electron chi connectivity index (χ1n) is 12.7. The Balaban J connectivity index is 1.55. The predicted octanol–water partition coefficient (Wildman–Crippen LogP) is 5.51. The van der Waals surface area contributed by atoms with E-state index in [0.717, 1.165) is 17.5 Å². The maximum atomic E-state index is 12.5. The van der Waals surface area contributed by atoms with Crippen molar-refractivity contribution < 1.29 is 14.7 Å². The van der Waals surface area contributed by atoms with Gasteiger partial charge in [0.05, 0.1) is 17.6 Å². The van der Waals surface area contributed by atoms with E-state index in [-0.39, 0.29) is 11.4 Å². The number of aliphatic hydroxyl groups is 1. The van der Waals surface area contributed by atoms with E-state index in [2.05, 4.69) is 53.5 Å². The van der Waals surface area contributed by atoms with Crippen LogP contribution in [0.4, 0.5) is 5.95 Å². The zero-order valence-electron chi connectivity index (χ0n) is 22.4. The number of aliphatic hydroxyl groups excluding tert-OH is 1. The number of H-pyrrole nitrogens is 1.